The summed E-state index contributed by atoms with van der Waals surface area (Å²) in [7, 11) is 1.41. The average molecular weight is 591 g/mol. The molecule has 9 nitrogen and oxygen atoms in total. The molecule has 0 amide bonds. The number of halogens is 1. The van der Waals surface area contributed by atoms with Gasteiger partial charge in [0.25, 0.3) is 5.56 Å². The first kappa shape index (κ1) is 26.7. The summed E-state index contributed by atoms with van der Waals surface area (Å²) >= 11 is 7.37. The van der Waals surface area contributed by atoms with Gasteiger partial charge in [0.1, 0.15) is 0 Å². The quantitative estimate of drug-likeness (QED) is 0.338. The summed E-state index contributed by atoms with van der Waals surface area (Å²) in [5, 5.41) is 10.2. The number of methoxy groups -OCH3 is 1. The summed E-state index contributed by atoms with van der Waals surface area (Å²) in [6, 6.07) is 16.9. The standard InChI is InChI=1S/C30H23ClN2O7S/c1-3-38-29(36)24-25(17-7-5-4-6-8-17)32-30-33(26(24)18-9-10-20-21(14-18)40-15-39-20)28(35)23(41-30)13-16-11-19(31)27(34)22(12-16)37-2/h4-14,26,34H,3,15H2,1-2H3/b23-13+/t26-/m1/s1. The van der Waals surface area contributed by atoms with Gasteiger partial charge >= 0.3 is 5.97 Å². The number of carbonyl (C=O) groups excluding carboxylic acids is 1. The van der Waals surface area contributed by atoms with E-state index < -0.39 is 12.0 Å². The van der Waals surface area contributed by atoms with Crippen molar-refractivity contribution in [3.63, 3.8) is 0 Å². The molecule has 3 aromatic carbocycles. The molecule has 1 N–H and O–H groups in total. The zero-order chi connectivity index (χ0) is 28.7. The van der Waals surface area contributed by atoms with E-state index in [0.717, 1.165) is 0 Å². The van der Waals surface area contributed by atoms with E-state index in [-0.39, 0.29) is 41.1 Å². The molecule has 3 heterocycles. The minimum atomic E-state index is -0.866. The van der Waals surface area contributed by atoms with E-state index in [9.17, 15) is 14.7 Å². The molecule has 0 radical (unpaired) electrons. The largest absolute Gasteiger partial charge is 0.503 e. The molecule has 6 rings (SSSR count). The first-order valence-electron chi connectivity index (χ1n) is 12.6. The van der Waals surface area contributed by atoms with Crippen LogP contribution in [0.4, 0.5) is 0 Å². The number of esters is 1. The Bertz CT molecular complexity index is 1900. The highest BCUT2D eigenvalue weighted by atomic mass is 35.5. The molecule has 11 heteroatoms. The van der Waals surface area contributed by atoms with Gasteiger partial charge in [-0.2, -0.15) is 0 Å². The van der Waals surface area contributed by atoms with Crippen LogP contribution in [0, 0.1) is 0 Å². The van der Waals surface area contributed by atoms with Crippen molar-refractivity contribution in [3.05, 3.63) is 108 Å². The molecule has 1 aromatic heterocycles. The number of hydrogen-bond donors (Lipinski definition) is 1. The van der Waals surface area contributed by atoms with Crippen molar-refractivity contribution in [2.75, 3.05) is 20.5 Å². The Morgan fingerprint density at radius 2 is 1.95 bits per heavy atom. The van der Waals surface area contributed by atoms with E-state index in [2.05, 4.69) is 0 Å². The van der Waals surface area contributed by atoms with Gasteiger partial charge in [0, 0.05) is 5.56 Å². The molecule has 0 unspecified atom stereocenters. The third-order valence-corrected chi connectivity index (χ3v) is 7.93. The second-order valence-corrected chi connectivity index (χ2v) is 10.5. The van der Waals surface area contributed by atoms with Crippen LogP contribution < -0.4 is 29.1 Å². The molecule has 0 aliphatic carbocycles. The lowest BCUT2D eigenvalue weighted by Crippen LogP contribution is -2.40. The summed E-state index contributed by atoms with van der Waals surface area (Å²) in [6.45, 7) is 1.95. The number of ether oxygens (including phenoxy) is 4. The molecule has 208 valence electrons. The van der Waals surface area contributed by atoms with E-state index in [1.165, 1.54) is 29.1 Å². The molecule has 0 spiro atoms. The van der Waals surface area contributed by atoms with Crippen molar-refractivity contribution in [3.8, 4) is 23.0 Å². The van der Waals surface area contributed by atoms with Crippen molar-refractivity contribution in [2.45, 2.75) is 13.0 Å². The molecular weight excluding hydrogens is 568 g/mol. The maximum atomic E-state index is 14.0. The zero-order valence-corrected chi connectivity index (χ0v) is 23.5. The second-order valence-electron chi connectivity index (χ2n) is 9.10. The summed E-state index contributed by atoms with van der Waals surface area (Å²) in [6.07, 6.45) is 1.64. The fourth-order valence-corrected chi connectivity index (χ4v) is 6.04. The first-order chi connectivity index (χ1) is 19.9. The second kappa shape index (κ2) is 10.8. The smallest absolute Gasteiger partial charge is 0.338 e. The SMILES string of the molecule is CCOC(=O)C1=C(c2ccccc2)N=c2s/c(=C/c3cc(Cl)c(O)c(OC)c3)c(=O)n2[C@@H]1c1ccc2c(c1)OCO2. The maximum absolute atomic E-state index is 14.0. The number of carbonyl (C=O) groups is 1. The van der Waals surface area contributed by atoms with E-state index in [1.54, 1.807) is 37.3 Å². The molecule has 4 aromatic rings. The molecule has 0 fully saturated rings. The van der Waals surface area contributed by atoms with Crippen LogP contribution in [-0.4, -0.2) is 36.2 Å². The average Bonchev–Trinajstić information content (AvgIpc) is 3.58. The Balaban J connectivity index is 1.64. The van der Waals surface area contributed by atoms with E-state index in [1.807, 2.05) is 30.3 Å². The van der Waals surface area contributed by atoms with Crippen LogP contribution in [-0.2, 0) is 9.53 Å². The molecule has 0 saturated carbocycles. The first-order valence-corrected chi connectivity index (χ1v) is 13.8. The highest BCUT2D eigenvalue weighted by Gasteiger charge is 2.36. The molecule has 2 aliphatic heterocycles. The number of hydrogen-bond acceptors (Lipinski definition) is 9. The lowest BCUT2D eigenvalue weighted by Gasteiger charge is -2.26. The van der Waals surface area contributed by atoms with Gasteiger partial charge in [-0.3, -0.25) is 9.36 Å². The summed E-state index contributed by atoms with van der Waals surface area (Å²) in [5.74, 6) is 0.483. The number of benzene rings is 3. The number of aromatic nitrogens is 1. The van der Waals surface area contributed by atoms with Crippen molar-refractivity contribution in [1.29, 1.82) is 0 Å². The summed E-state index contributed by atoms with van der Waals surface area (Å²) in [5.41, 5.74) is 2.15. The lowest BCUT2D eigenvalue weighted by atomic mass is 9.93. The highest BCUT2D eigenvalue weighted by molar-refractivity contribution is 7.07. The van der Waals surface area contributed by atoms with Crippen molar-refractivity contribution < 1.29 is 28.8 Å². The minimum absolute atomic E-state index is 0.0794. The Hall–Kier alpha value is -4.54. The Morgan fingerprint density at radius 3 is 2.71 bits per heavy atom. The predicted molar refractivity (Wildman–Crippen MR) is 153 cm³/mol. The van der Waals surface area contributed by atoms with Crippen LogP contribution >= 0.6 is 22.9 Å². The molecule has 2 aliphatic rings. The van der Waals surface area contributed by atoms with Gasteiger partial charge in [-0.25, -0.2) is 9.79 Å². The van der Waals surface area contributed by atoms with Gasteiger partial charge in [-0.15, -0.1) is 0 Å². The number of aromatic hydroxyl groups is 1. The van der Waals surface area contributed by atoms with Crippen molar-refractivity contribution in [1.82, 2.24) is 4.57 Å². The Morgan fingerprint density at radius 1 is 1.17 bits per heavy atom. The normalized spacial score (nSPS) is 15.9. The maximum Gasteiger partial charge on any atom is 0.338 e. The third kappa shape index (κ3) is 4.75. The third-order valence-electron chi connectivity index (χ3n) is 6.65. The van der Waals surface area contributed by atoms with Gasteiger partial charge in [-0.1, -0.05) is 59.3 Å². The monoisotopic (exact) mass is 590 g/mol. The van der Waals surface area contributed by atoms with Gasteiger partial charge in [0.2, 0.25) is 6.79 Å². The summed E-state index contributed by atoms with van der Waals surface area (Å²) in [4.78, 5) is 32.9. The van der Waals surface area contributed by atoms with Crippen LogP contribution in [0.5, 0.6) is 23.0 Å². The van der Waals surface area contributed by atoms with E-state index in [4.69, 9.17) is 35.5 Å². The Labute approximate surface area is 242 Å². The number of phenolic OH excluding ortho intramolecular Hbond substituents is 1. The Kier molecular flexibility index (Phi) is 7.02. The van der Waals surface area contributed by atoms with Gasteiger partial charge in [-0.05, 0) is 48.4 Å². The van der Waals surface area contributed by atoms with Gasteiger partial charge in [0.15, 0.2) is 27.8 Å². The molecule has 41 heavy (non-hydrogen) atoms. The number of fused-ring (bicyclic) bond motifs is 2. The van der Waals surface area contributed by atoms with E-state index in [0.29, 0.717) is 43.2 Å². The number of rotatable bonds is 6. The van der Waals surface area contributed by atoms with E-state index >= 15 is 0 Å². The topological polar surface area (TPSA) is 109 Å². The van der Waals surface area contributed by atoms with Gasteiger partial charge < -0.3 is 24.1 Å². The van der Waals surface area contributed by atoms with Crippen LogP contribution in [0.15, 0.2) is 76.0 Å². The number of nitrogens with zero attached hydrogens (tertiary/aromatic N) is 2. The highest BCUT2D eigenvalue weighted by Crippen LogP contribution is 2.40. The fourth-order valence-electron chi connectivity index (χ4n) is 4.82. The van der Waals surface area contributed by atoms with Gasteiger partial charge in [0.05, 0.1) is 40.6 Å². The zero-order valence-electron chi connectivity index (χ0n) is 21.9. The number of phenols is 1. The molecule has 1 atom stereocenters. The lowest BCUT2D eigenvalue weighted by molar-refractivity contribution is -0.138. The molecule has 0 bridgehead atoms. The van der Waals surface area contributed by atoms with Crippen molar-refractivity contribution in [2.24, 2.45) is 4.99 Å². The predicted octanol–water partition coefficient (Wildman–Crippen LogP) is 4.03. The van der Waals surface area contributed by atoms with Crippen LogP contribution in [0.2, 0.25) is 5.02 Å². The molecular formula is C30H23ClN2O7S. The minimum Gasteiger partial charge on any atom is -0.503 e. The summed E-state index contributed by atoms with van der Waals surface area (Å²) < 4.78 is 23.7. The molecule has 0 saturated heterocycles. The van der Waals surface area contributed by atoms with Crippen molar-refractivity contribution >= 4 is 40.7 Å². The van der Waals surface area contributed by atoms with Crippen LogP contribution in [0.25, 0.3) is 11.8 Å². The van der Waals surface area contributed by atoms with Crippen LogP contribution in [0.3, 0.4) is 0 Å². The number of thiazole rings is 1. The fraction of sp³-hybridized carbons (Fsp3) is 0.167. The van der Waals surface area contributed by atoms with Crippen LogP contribution in [0.1, 0.15) is 29.7 Å².